The van der Waals surface area contributed by atoms with Crippen LogP contribution < -0.4 is 0 Å². The summed E-state index contributed by atoms with van der Waals surface area (Å²) in [7, 11) is -2.22. The molecule has 0 amide bonds. The minimum absolute atomic E-state index is 0.00392. The number of rotatable bonds is 6. The number of nitrogens with zero attached hydrogens (tertiary/aromatic N) is 1. The lowest BCUT2D eigenvalue weighted by Gasteiger charge is -2.38. The van der Waals surface area contributed by atoms with E-state index in [9.17, 15) is 18.4 Å². The Balaban J connectivity index is 2.50. The van der Waals surface area contributed by atoms with Crippen LogP contribution in [0, 0.1) is 28.8 Å². The standard InChI is InChI=1S/C22H26F3NOSi/c1-22(2,3)28(4,5)27-14-18(21-19(24)7-6-8-20(21)25)17(13-26)15-9-11-16(23)12-10-15/h6-12,17-18H,14H2,1-5H3. The molecule has 2 rings (SSSR count). The van der Waals surface area contributed by atoms with Crippen LogP contribution in [0.2, 0.25) is 18.1 Å². The highest BCUT2D eigenvalue weighted by Gasteiger charge is 2.39. The van der Waals surface area contributed by atoms with E-state index in [4.69, 9.17) is 4.43 Å². The lowest BCUT2D eigenvalue weighted by molar-refractivity contribution is 0.250. The van der Waals surface area contributed by atoms with Gasteiger partial charge in [0.1, 0.15) is 17.5 Å². The summed E-state index contributed by atoms with van der Waals surface area (Å²) in [5.41, 5.74) is 0.326. The average Bonchev–Trinajstić information content (AvgIpc) is 2.60. The Labute approximate surface area is 166 Å². The maximum Gasteiger partial charge on any atom is 0.192 e. The van der Waals surface area contributed by atoms with Crippen molar-refractivity contribution in [1.29, 1.82) is 5.26 Å². The summed E-state index contributed by atoms with van der Waals surface area (Å²) >= 11 is 0. The van der Waals surface area contributed by atoms with Gasteiger partial charge in [0.05, 0.1) is 12.0 Å². The molecule has 0 radical (unpaired) electrons. The fourth-order valence-corrected chi connectivity index (χ4v) is 3.82. The van der Waals surface area contributed by atoms with Crippen LogP contribution in [0.15, 0.2) is 42.5 Å². The van der Waals surface area contributed by atoms with E-state index in [2.05, 4.69) is 26.8 Å². The molecule has 2 unspecified atom stereocenters. The zero-order chi connectivity index (χ0) is 21.1. The van der Waals surface area contributed by atoms with Crippen molar-refractivity contribution in [2.75, 3.05) is 6.61 Å². The fraction of sp³-hybridized carbons (Fsp3) is 0.409. The van der Waals surface area contributed by atoms with Gasteiger partial charge in [0.2, 0.25) is 0 Å². The topological polar surface area (TPSA) is 33.0 Å². The number of nitriles is 1. The summed E-state index contributed by atoms with van der Waals surface area (Å²) in [4.78, 5) is 0. The highest BCUT2D eigenvalue weighted by molar-refractivity contribution is 6.74. The molecular formula is C22H26F3NOSi. The Hall–Kier alpha value is -2.10. The van der Waals surface area contributed by atoms with E-state index in [1.54, 1.807) is 0 Å². The number of hydrogen-bond acceptors (Lipinski definition) is 2. The predicted octanol–water partition coefficient (Wildman–Crippen LogP) is 6.52. The normalized spacial score (nSPS) is 14.4. The molecule has 2 atom stereocenters. The highest BCUT2D eigenvalue weighted by Crippen LogP contribution is 2.40. The molecule has 0 aliphatic rings. The van der Waals surface area contributed by atoms with Gasteiger partial charge in [-0.3, -0.25) is 0 Å². The maximum atomic E-state index is 14.6. The monoisotopic (exact) mass is 405 g/mol. The summed E-state index contributed by atoms with van der Waals surface area (Å²) in [6.45, 7) is 10.3. The second-order valence-corrected chi connectivity index (χ2v) is 13.3. The van der Waals surface area contributed by atoms with Crippen LogP contribution >= 0.6 is 0 Å². The quantitative estimate of drug-likeness (QED) is 0.513. The Morgan fingerprint density at radius 1 is 1.00 bits per heavy atom. The molecule has 0 aliphatic carbocycles. The smallest absolute Gasteiger partial charge is 0.192 e. The fourth-order valence-electron chi connectivity index (χ4n) is 2.79. The average molecular weight is 406 g/mol. The molecule has 150 valence electrons. The van der Waals surface area contributed by atoms with Crippen molar-refractivity contribution >= 4 is 8.32 Å². The van der Waals surface area contributed by atoms with Crippen LogP contribution in [0.25, 0.3) is 0 Å². The molecule has 0 aromatic heterocycles. The van der Waals surface area contributed by atoms with E-state index in [1.165, 1.54) is 42.5 Å². The second-order valence-electron chi connectivity index (χ2n) is 8.47. The maximum absolute atomic E-state index is 14.6. The summed E-state index contributed by atoms with van der Waals surface area (Å²) < 4.78 is 48.7. The zero-order valence-electron chi connectivity index (χ0n) is 16.9. The molecule has 2 aromatic rings. The van der Waals surface area contributed by atoms with Gasteiger partial charge in [-0.05, 0) is 48.0 Å². The number of halogens is 3. The van der Waals surface area contributed by atoms with E-state index in [-0.39, 0.29) is 17.2 Å². The van der Waals surface area contributed by atoms with Gasteiger partial charge in [0, 0.05) is 18.1 Å². The third-order valence-electron chi connectivity index (χ3n) is 5.57. The Bertz CT molecular complexity index is 833. The molecule has 0 N–H and O–H groups in total. The van der Waals surface area contributed by atoms with Crippen molar-refractivity contribution in [2.24, 2.45) is 0 Å². The lowest BCUT2D eigenvalue weighted by Crippen LogP contribution is -2.42. The minimum atomic E-state index is -2.22. The molecule has 0 fully saturated rings. The van der Waals surface area contributed by atoms with Gasteiger partial charge in [0.25, 0.3) is 0 Å². The minimum Gasteiger partial charge on any atom is -0.416 e. The molecule has 6 heteroatoms. The third kappa shape index (κ3) is 4.84. The predicted molar refractivity (Wildman–Crippen MR) is 107 cm³/mol. The highest BCUT2D eigenvalue weighted by atomic mass is 28.4. The van der Waals surface area contributed by atoms with Crippen LogP contribution in [-0.4, -0.2) is 14.9 Å². The van der Waals surface area contributed by atoms with Crippen LogP contribution in [-0.2, 0) is 4.43 Å². The first-order valence-corrected chi connectivity index (χ1v) is 12.1. The van der Waals surface area contributed by atoms with Gasteiger partial charge in [-0.1, -0.05) is 39.0 Å². The summed E-state index contributed by atoms with van der Waals surface area (Å²) in [6, 6.07) is 11.2. The molecular weight excluding hydrogens is 379 g/mol. The van der Waals surface area contributed by atoms with E-state index in [0.717, 1.165) is 0 Å². The second kappa shape index (κ2) is 8.50. The van der Waals surface area contributed by atoms with Crippen LogP contribution in [0.4, 0.5) is 13.2 Å². The number of hydrogen-bond donors (Lipinski definition) is 0. The van der Waals surface area contributed by atoms with Gasteiger partial charge in [0.15, 0.2) is 8.32 Å². The van der Waals surface area contributed by atoms with E-state index in [0.29, 0.717) is 5.56 Å². The van der Waals surface area contributed by atoms with Crippen molar-refractivity contribution < 1.29 is 17.6 Å². The first-order valence-electron chi connectivity index (χ1n) is 9.21. The van der Waals surface area contributed by atoms with Crippen LogP contribution in [0.5, 0.6) is 0 Å². The SMILES string of the molecule is CC(C)(C)[Si](C)(C)OCC(c1c(F)cccc1F)C(C#N)c1ccc(F)cc1. The van der Waals surface area contributed by atoms with Crippen molar-refractivity contribution in [3.8, 4) is 6.07 Å². The number of benzene rings is 2. The van der Waals surface area contributed by atoms with Gasteiger partial charge in [-0.15, -0.1) is 0 Å². The Kier molecular flexibility index (Phi) is 6.74. The summed E-state index contributed by atoms with van der Waals surface area (Å²) in [5, 5.41) is 9.72. The molecule has 0 bridgehead atoms. The zero-order valence-corrected chi connectivity index (χ0v) is 17.9. The van der Waals surface area contributed by atoms with Gasteiger partial charge < -0.3 is 4.43 Å². The van der Waals surface area contributed by atoms with Crippen LogP contribution in [0.1, 0.15) is 43.7 Å². The van der Waals surface area contributed by atoms with Crippen molar-refractivity contribution in [1.82, 2.24) is 0 Å². The molecule has 2 nitrogen and oxygen atoms in total. The molecule has 0 saturated carbocycles. The van der Waals surface area contributed by atoms with Crippen molar-refractivity contribution in [3.05, 3.63) is 71.0 Å². The summed E-state index contributed by atoms with van der Waals surface area (Å²) in [5.74, 6) is -3.61. The molecule has 0 spiro atoms. The first kappa shape index (κ1) is 22.2. The lowest BCUT2D eigenvalue weighted by atomic mass is 9.82. The van der Waals surface area contributed by atoms with Gasteiger partial charge in [-0.25, -0.2) is 13.2 Å². The van der Waals surface area contributed by atoms with Crippen molar-refractivity contribution in [2.45, 2.75) is 50.7 Å². The van der Waals surface area contributed by atoms with E-state index in [1.807, 2.05) is 13.1 Å². The molecule has 0 saturated heterocycles. The molecule has 2 aromatic carbocycles. The Morgan fingerprint density at radius 2 is 1.54 bits per heavy atom. The van der Waals surface area contributed by atoms with Gasteiger partial charge in [-0.2, -0.15) is 5.26 Å². The summed E-state index contributed by atoms with van der Waals surface area (Å²) in [6.07, 6.45) is 0. The Morgan fingerprint density at radius 3 is 2.00 bits per heavy atom. The van der Waals surface area contributed by atoms with E-state index >= 15 is 0 Å². The molecule has 0 heterocycles. The van der Waals surface area contributed by atoms with E-state index < -0.39 is 37.6 Å². The first-order chi connectivity index (χ1) is 13.0. The van der Waals surface area contributed by atoms with Gasteiger partial charge >= 0.3 is 0 Å². The molecule has 0 aliphatic heterocycles. The molecule has 28 heavy (non-hydrogen) atoms. The largest absolute Gasteiger partial charge is 0.416 e. The van der Waals surface area contributed by atoms with Crippen LogP contribution in [0.3, 0.4) is 0 Å². The third-order valence-corrected chi connectivity index (χ3v) is 10.1. The van der Waals surface area contributed by atoms with Crippen molar-refractivity contribution in [3.63, 3.8) is 0 Å².